The summed E-state index contributed by atoms with van der Waals surface area (Å²) in [6, 6.07) is 0. The van der Waals surface area contributed by atoms with Gasteiger partial charge < -0.3 is 10.1 Å². The number of aromatic nitrogens is 1. The normalized spacial score (nSPS) is 11.1. The molecule has 0 radical (unpaired) electrons. The van der Waals surface area contributed by atoms with Crippen LogP contribution in [0.15, 0.2) is 5.38 Å². The van der Waals surface area contributed by atoms with E-state index >= 15 is 0 Å². The first-order chi connectivity index (χ1) is 7.78. The lowest BCUT2D eigenvalue weighted by Crippen LogP contribution is -2.32. The Kier molecular flexibility index (Phi) is 4.22. The van der Waals surface area contributed by atoms with Gasteiger partial charge in [-0.1, -0.05) is 0 Å². The molecule has 0 bridgehead atoms. The number of ether oxygens (including phenoxy) is 1. The first-order valence-corrected chi connectivity index (χ1v) is 6.08. The summed E-state index contributed by atoms with van der Waals surface area (Å²) < 4.78 is 5.07. The Morgan fingerprint density at radius 1 is 1.47 bits per heavy atom. The highest BCUT2D eigenvalue weighted by molar-refractivity contribution is 7.09. The van der Waals surface area contributed by atoms with Crippen LogP contribution >= 0.6 is 11.3 Å². The summed E-state index contributed by atoms with van der Waals surface area (Å²) in [7, 11) is 0. The fourth-order valence-electron chi connectivity index (χ4n) is 1.02. The number of rotatable bonds is 3. The first kappa shape index (κ1) is 13.6. The smallest absolute Gasteiger partial charge is 0.408 e. The molecular formula is C11H16N2O3S. The van der Waals surface area contributed by atoms with E-state index in [-0.39, 0.29) is 12.3 Å². The van der Waals surface area contributed by atoms with Gasteiger partial charge in [0.1, 0.15) is 16.3 Å². The van der Waals surface area contributed by atoms with E-state index in [1.165, 1.54) is 18.3 Å². The number of nitrogens with zero attached hydrogens (tertiary/aromatic N) is 1. The number of ketones is 1. The summed E-state index contributed by atoms with van der Waals surface area (Å²) in [4.78, 5) is 26.4. The van der Waals surface area contributed by atoms with Crippen LogP contribution in [0, 0.1) is 0 Å². The molecule has 1 aromatic rings. The summed E-state index contributed by atoms with van der Waals surface area (Å²) in [5.41, 5.74) is -0.0895. The number of nitrogens with one attached hydrogen (secondary N) is 1. The van der Waals surface area contributed by atoms with Crippen molar-refractivity contribution in [3.8, 4) is 0 Å². The minimum absolute atomic E-state index is 0.0789. The maximum Gasteiger partial charge on any atom is 0.408 e. The first-order valence-electron chi connectivity index (χ1n) is 5.20. The van der Waals surface area contributed by atoms with Gasteiger partial charge in [-0.2, -0.15) is 0 Å². The van der Waals surface area contributed by atoms with E-state index in [0.29, 0.717) is 10.7 Å². The standard InChI is InChI=1S/C11H16N2O3S/c1-7(14)8-6-17-9(13-8)5-12-10(15)16-11(2,3)4/h6H,5H2,1-4H3,(H,12,15). The van der Waals surface area contributed by atoms with Gasteiger partial charge in [-0.3, -0.25) is 4.79 Å². The van der Waals surface area contributed by atoms with Crippen LogP contribution in [0.3, 0.4) is 0 Å². The molecule has 0 atom stereocenters. The molecule has 0 saturated heterocycles. The molecule has 1 N–H and O–H groups in total. The molecule has 0 aliphatic heterocycles. The molecule has 0 unspecified atom stereocenters. The van der Waals surface area contributed by atoms with Gasteiger partial charge in [0.25, 0.3) is 0 Å². The monoisotopic (exact) mass is 256 g/mol. The number of carbonyl (C=O) groups is 2. The second kappa shape index (κ2) is 5.27. The van der Waals surface area contributed by atoms with Gasteiger partial charge >= 0.3 is 6.09 Å². The van der Waals surface area contributed by atoms with E-state index in [0.717, 1.165) is 0 Å². The third-order valence-electron chi connectivity index (χ3n) is 1.70. The Labute approximate surface area is 104 Å². The molecule has 1 aromatic heterocycles. The molecule has 5 nitrogen and oxygen atoms in total. The lowest BCUT2D eigenvalue weighted by molar-refractivity contribution is 0.0523. The number of Topliss-reactive ketones (excluding diaryl/α,β-unsaturated/α-hetero) is 1. The van der Waals surface area contributed by atoms with Crippen molar-refractivity contribution in [1.29, 1.82) is 0 Å². The lowest BCUT2D eigenvalue weighted by Gasteiger charge is -2.19. The van der Waals surface area contributed by atoms with Crippen LogP contribution in [0.5, 0.6) is 0 Å². The Hall–Kier alpha value is -1.43. The molecule has 6 heteroatoms. The maximum absolute atomic E-state index is 11.3. The van der Waals surface area contributed by atoms with Crippen LogP contribution in [0.2, 0.25) is 0 Å². The van der Waals surface area contributed by atoms with E-state index in [1.54, 1.807) is 26.2 Å². The Balaban J connectivity index is 2.45. The van der Waals surface area contributed by atoms with Crippen molar-refractivity contribution in [2.24, 2.45) is 0 Å². The Bertz CT molecular complexity index is 421. The van der Waals surface area contributed by atoms with Crippen molar-refractivity contribution in [2.45, 2.75) is 39.8 Å². The molecule has 0 saturated carbocycles. The van der Waals surface area contributed by atoms with Crippen LogP contribution in [0.4, 0.5) is 4.79 Å². The van der Waals surface area contributed by atoms with Crippen LogP contribution in [-0.4, -0.2) is 22.5 Å². The van der Waals surface area contributed by atoms with Gasteiger partial charge in [0.2, 0.25) is 0 Å². The summed E-state index contributed by atoms with van der Waals surface area (Å²) in [5, 5.41) is 4.94. The number of thiazole rings is 1. The zero-order valence-electron chi connectivity index (χ0n) is 10.4. The van der Waals surface area contributed by atoms with Crippen LogP contribution in [-0.2, 0) is 11.3 Å². The molecule has 0 aliphatic carbocycles. The molecule has 1 amide bonds. The van der Waals surface area contributed by atoms with Crippen LogP contribution in [0.1, 0.15) is 43.2 Å². The zero-order valence-corrected chi connectivity index (χ0v) is 11.2. The average molecular weight is 256 g/mol. The second-order valence-corrected chi connectivity index (χ2v) is 5.48. The van der Waals surface area contributed by atoms with E-state index in [2.05, 4.69) is 10.3 Å². The maximum atomic E-state index is 11.3. The lowest BCUT2D eigenvalue weighted by atomic mass is 10.2. The van der Waals surface area contributed by atoms with Gasteiger partial charge in [-0.15, -0.1) is 11.3 Å². The van der Waals surface area contributed by atoms with Crippen molar-refractivity contribution >= 4 is 23.2 Å². The van der Waals surface area contributed by atoms with Crippen LogP contribution < -0.4 is 5.32 Å². The molecule has 0 aliphatic rings. The SMILES string of the molecule is CC(=O)c1csc(CNC(=O)OC(C)(C)C)n1. The van der Waals surface area contributed by atoms with Gasteiger partial charge in [0.05, 0.1) is 6.54 Å². The van der Waals surface area contributed by atoms with E-state index in [1.807, 2.05) is 0 Å². The Morgan fingerprint density at radius 3 is 2.59 bits per heavy atom. The van der Waals surface area contributed by atoms with Gasteiger partial charge in [0, 0.05) is 12.3 Å². The van der Waals surface area contributed by atoms with Crippen molar-refractivity contribution in [1.82, 2.24) is 10.3 Å². The van der Waals surface area contributed by atoms with E-state index in [4.69, 9.17) is 4.74 Å². The van der Waals surface area contributed by atoms with Crippen molar-refractivity contribution < 1.29 is 14.3 Å². The van der Waals surface area contributed by atoms with Gasteiger partial charge in [0.15, 0.2) is 5.78 Å². The van der Waals surface area contributed by atoms with E-state index < -0.39 is 11.7 Å². The third kappa shape index (κ3) is 4.95. The van der Waals surface area contributed by atoms with Crippen molar-refractivity contribution in [3.63, 3.8) is 0 Å². The van der Waals surface area contributed by atoms with Gasteiger partial charge in [-0.05, 0) is 20.8 Å². The average Bonchev–Trinajstić information content (AvgIpc) is 2.60. The fraction of sp³-hybridized carbons (Fsp3) is 0.545. The summed E-state index contributed by atoms with van der Waals surface area (Å²) in [6.07, 6.45) is -0.489. The summed E-state index contributed by atoms with van der Waals surface area (Å²) in [6.45, 7) is 7.12. The molecule has 0 fully saturated rings. The zero-order chi connectivity index (χ0) is 13.1. The summed E-state index contributed by atoms with van der Waals surface area (Å²) >= 11 is 1.34. The number of carbonyl (C=O) groups excluding carboxylic acids is 2. The number of hydrogen-bond acceptors (Lipinski definition) is 5. The number of hydrogen-bond donors (Lipinski definition) is 1. The van der Waals surface area contributed by atoms with E-state index in [9.17, 15) is 9.59 Å². The predicted molar refractivity (Wildman–Crippen MR) is 65.2 cm³/mol. The number of alkyl carbamates (subject to hydrolysis) is 1. The quantitative estimate of drug-likeness (QED) is 0.843. The van der Waals surface area contributed by atoms with Crippen molar-refractivity contribution in [2.75, 3.05) is 0 Å². The largest absolute Gasteiger partial charge is 0.444 e. The molecule has 1 rings (SSSR count). The minimum atomic E-state index is -0.516. The molecule has 0 spiro atoms. The molecule has 0 aromatic carbocycles. The molecular weight excluding hydrogens is 240 g/mol. The molecule has 1 heterocycles. The molecule has 17 heavy (non-hydrogen) atoms. The molecule has 94 valence electrons. The summed E-state index contributed by atoms with van der Waals surface area (Å²) in [5.74, 6) is -0.0789. The highest BCUT2D eigenvalue weighted by Crippen LogP contribution is 2.11. The number of amides is 1. The van der Waals surface area contributed by atoms with Crippen molar-refractivity contribution in [3.05, 3.63) is 16.1 Å². The Morgan fingerprint density at radius 2 is 2.12 bits per heavy atom. The fourth-order valence-corrected chi connectivity index (χ4v) is 1.79. The highest BCUT2D eigenvalue weighted by atomic mass is 32.1. The third-order valence-corrected chi connectivity index (χ3v) is 2.54. The second-order valence-electron chi connectivity index (χ2n) is 4.54. The minimum Gasteiger partial charge on any atom is -0.444 e. The topological polar surface area (TPSA) is 68.3 Å². The van der Waals surface area contributed by atoms with Crippen LogP contribution in [0.25, 0.3) is 0 Å². The van der Waals surface area contributed by atoms with Gasteiger partial charge in [-0.25, -0.2) is 9.78 Å². The highest BCUT2D eigenvalue weighted by Gasteiger charge is 2.16. The predicted octanol–water partition coefficient (Wildman–Crippen LogP) is 2.37.